The Hall–Kier alpha value is -0.950. The van der Waals surface area contributed by atoms with Gasteiger partial charge in [0.25, 0.3) is 0 Å². The van der Waals surface area contributed by atoms with E-state index < -0.39 is 22.2 Å². The third-order valence-electron chi connectivity index (χ3n) is 3.19. The standard InChI is InChI=1S/C12H17NO4S/c1-8-3-4-9(2)12(5-8)18(16,17)13-6-10(14)11(15)7-13/h3-5,10-11,14-15H,6-7H2,1-2H3/t10-,11+. The third-order valence-corrected chi connectivity index (χ3v) is 5.16. The Morgan fingerprint density at radius 3 is 2.28 bits per heavy atom. The predicted molar refractivity (Wildman–Crippen MR) is 66.7 cm³/mol. The molecule has 0 unspecified atom stereocenters. The van der Waals surface area contributed by atoms with Crippen LogP contribution in [-0.2, 0) is 10.0 Å². The van der Waals surface area contributed by atoms with Crippen LogP contribution >= 0.6 is 0 Å². The molecule has 0 amide bonds. The summed E-state index contributed by atoms with van der Waals surface area (Å²) in [6, 6.07) is 5.22. The number of aryl methyl sites for hydroxylation is 2. The zero-order chi connectivity index (χ0) is 13.5. The molecule has 5 nitrogen and oxygen atoms in total. The van der Waals surface area contributed by atoms with Gasteiger partial charge in [-0.1, -0.05) is 12.1 Å². The summed E-state index contributed by atoms with van der Waals surface area (Å²) in [7, 11) is -3.64. The van der Waals surface area contributed by atoms with E-state index >= 15 is 0 Å². The molecular formula is C12H17NO4S. The van der Waals surface area contributed by atoms with Crippen LogP contribution in [0.5, 0.6) is 0 Å². The third kappa shape index (κ3) is 2.29. The van der Waals surface area contributed by atoms with E-state index in [-0.39, 0.29) is 18.0 Å². The average Bonchev–Trinajstić information content (AvgIpc) is 2.63. The molecule has 1 aromatic rings. The van der Waals surface area contributed by atoms with Crippen molar-refractivity contribution >= 4 is 10.0 Å². The van der Waals surface area contributed by atoms with Crippen LogP contribution < -0.4 is 0 Å². The zero-order valence-corrected chi connectivity index (χ0v) is 11.2. The lowest BCUT2D eigenvalue weighted by Gasteiger charge is -2.17. The summed E-state index contributed by atoms with van der Waals surface area (Å²) in [5, 5.41) is 18.9. The molecule has 2 atom stereocenters. The first-order chi connectivity index (χ1) is 8.32. The minimum absolute atomic E-state index is 0.0586. The summed E-state index contributed by atoms with van der Waals surface area (Å²) in [5.41, 5.74) is 1.52. The van der Waals surface area contributed by atoms with Crippen LogP contribution in [-0.4, -0.2) is 48.2 Å². The van der Waals surface area contributed by atoms with E-state index in [4.69, 9.17) is 0 Å². The fourth-order valence-corrected chi connectivity index (χ4v) is 3.84. The van der Waals surface area contributed by atoms with Gasteiger partial charge in [0.15, 0.2) is 0 Å². The lowest BCUT2D eigenvalue weighted by atomic mass is 10.2. The van der Waals surface area contributed by atoms with Gasteiger partial charge in [0.05, 0.1) is 17.1 Å². The van der Waals surface area contributed by atoms with Gasteiger partial charge in [0, 0.05) is 13.1 Å². The Morgan fingerprint density at radius 1 is 1.17 bits per heavy atom. The van der Waals surface area contributed by atoms with E-state index in [1.54, 1.807) is 19.1 Å². The average molecular weight is 271 g/mol. The second kappa shape index (κ2) is 4.62. The fraction of sp³-hybridized carbons (Fsp3) is 0.500. The fourth-order valence-electron chi connectivity index (χ4n) is 2.06. The maximum atomic E-state index is 12.4. The molecule has 2 rings (SSSR count). The van der Waals surface area contributed by atoms with Gasteiger partial charge in [-0.05, 0) is 31.0 Å². The van der Waals surface area contributed by atoms with Crippen molar-refractivity contribution in [2.24, 2.45) is 0 Å². The van der Waals surface area contributed by atoms with E-state index in [1.807, 2.05) is 13.0 Å². The molecule has 100 valence electrons. The molecule has 1 aromatic carbocycles. The van der Waals surface area contributed by atoms with Crippen molar-refractivity contribution in [2.75, 3.05) is 13.1 Å². The summed E-state index contributed by atoms with van der Waals surface area (Å²) in [5.74, 6) is 0. The molecule has 0 radical (unpaired) electrons. The largest absolute Gasteiger partial charge is 0.389 e. The lowest BCUT2D eigenvalue weighted by Crippen LogP contribution is -2.30. The van der Waals surface area contributed by atoms with Crippen molar-refractivity contribution in [1.29, 1.82) is 0 Å². The molecule has 1 aliphatic rings. The number of hydrogen-bond donors (Lipinski definition) is 2. The number of β-amino-alcohol motifs (C(OH)–C–C–N with tert-alkyl or cyclic N) is 2. The topological polar surface area (TPSA) is 77.8 Å². The Bertz CT molecular complexity index is 545. The van der Waals surface area contributed by atoms with Gasteiger partial charge in [0.1, 0.15) is 0 Å². The van der Waals surface area contributed by atoms with E-state index in [2.05, 4.69) is 0 Å². The SMILES string of the molecule is Cc1ccc(C)c(S(=O)(=O)N2C[C@@H](O)[C@@H](O)C2)c1. The van der Waals surface area contributed by atoms with Crippen molar-refractivity contribution in [3.8, 4) is 0 Å². The van der Waals surface area contributed by atoms with Crippen LogP contribution in [0.2, 0.25) is 0 Å². The van der Waals surface area contributed by atoms with Crippen LogP contribution in [0.15, 0.2) is 23.1 Å². The van der Waals surface area contributed by atoms with Crippen molar-refractivity contribution < 1.29 is 18.6 Å². The highest BCUT2D eigenvalue weighted by atomic mass is 32.2. The predicted octanol–water partition coefficient (Wildman–Crippen LogP) is 0.0295. The molecule has 0 spiro atoms. The highest BCUT2D eigenvalue weighted by molar-refractivity contribution is 7.89. The molecule has 0 saturated carbocycles. The molecule has 1 aliphatic heterocycles. The molecule has 0 bridgehead atoms. The number of aliphatic hydroxyl groups is 2. The van der Waals surface area contributed by atoms with Gasteiger partial charge in [0.2, 0.25) is 10.0 Å². The second-order valence-corrected chi connectivity index (χ2v) is 6.63. The van der Waals surface area contributed by atoms with E-state index in [0.29, 0.717) is 5.56 Å². The number of hydrogen-bond acceptors (Lipinski definition) is 4. The van der Waals surface area contributed by atoms with Gasteiger partial charge < -0.3 is 10.2 Å². The van der Waals surface area contributed by atoms with Gasteiger partial charge >= 0.3 is 0 Å². The van der Waals surface area contributed by atoms with Crippen molar-refractivity contribution in [1.82, 2.24) is 4.31 Å². The quantitative estimate of drug-likeness (QED) is 0.795. The monoisotopic (exact) mass is 271 g/mol. The molecule has 6 heteroatoms. The minimum atomic E-state index is -3.64. The van der Waals surface area contributed by atoms with Gasteiger partial charge in [-0.3, -0.25) is 0 Å². The minimum Gasteiger partial charge on any atom is -0.389 e. The van der Waals surface area contributed by atoms with Gasteiger partial charge in [-0.25, -0.2) is 8.42 Å². The Balaban J connectivity index is 2.40. The van der Waals surface area contributed by atoms with Gasteiger partial charge in [-0.15, -0.1) is 0 Å². The zero-order valence-electron chi connectivity index (χ0n) is 10.4. The molecule has 1 heterocycles. The summed E-state index contributed by atoms with van der Waals surface area (Å²) >= 11 is 0. The van der Waals surface area contributed by atoms with Crippen LogP contribution in [0.1, 0.15) is 11.1 Å². The number of rotatable bonds is 2. The van der Waals surface area contributed by atoms with Crippen LogP contribution in [0, 0.1) is 13.8 Å². The van der Waals surface area contributed by atoms with E-state index in [0.717, 1.165) is 9.87 Å². The van der Waals surface area contributed by atoms with Crippen molar-refractivity contribution in [3.63, 3.8) is 0 Å². The molecule has 2 N–H and O–H groups in total. The number of sulfonamides is 1. The lowest BCUT2D eigenvalue weighted by molar-refractivity contribution is 0.0572. The maximum Gasteiger partial charge on any atom is 0.243 e. The molecule has 18 heavy (non-hydrogen) atoms. The first kappa shape index (κ1) is 13.5. The Kier molecular flexibility index (Phi) is 3.46. The van der Waals surface area contributed by atoms with Crippen molar-refractivity contribution in [3.05, 3.63) is 29.3 Å². The highest BCUT2D eigenvalue weighted by Gasteiger charge is 2.38. The summed E-state index contributed by atoms with van der Waals surface area (Å²) < 4.78 is 25.9. The smallest absolute Gasteiger partial charge is 0.243 e. The first-order valence-corrected chi connectivity index (χ1v) is 7.20. The summed E-state index contributed by atoms with van der Waals surface area (Å²) in [4.78, 5) is 0.240. The highest BCUT2D eigenvalue weighted by Crippen LogP contribution is 2.24. The van der Waals surface area contributed by atoms with E-state index in [1.165, 1.54) is 0 Å². The maximum absolute atomic E-state index is 12.4. The number of benzene rings is 1. The summed E-state index contributed by atoms with van der Waals surface area (Å²) in [6.45, 7) is 3.44. The Labute approximate surface area is 107 Å². The molecule has 1 fully saturated rings. The van der Waals surface area contributed by atoms with Gasteiger partial charge in [-0.2, -0.15) is 4.31 Å². The second-order valence-electron chi connectivity index (χ2n) is 4.73. The van der Waals surface area contributed by atoms with Crippen molar-refractivity contribution in [2.45, 2.75) is 31.0 Å². The molecular weight excluding hydrogens is 254 g/mol. The normalized spacial score (nSPS) is 25.6. The Morgan fingerprint density at radius 2 is 1.72 bits per heavy atom. The first-order valence-electron chi connectivity index (χ1n) is 5.76. The van der Waals surface area contributed by atoms with E-state index in [9.17, 15) is 18.6 Å². The molecule has 1 saturated heterocycles. The summed E-state index contributed by atoms with van der Waals surface area (Å²) in [6.07, 6.45) is -2.02. The molecule has 0 aliphatic carbocycles. The number of aliphatic hydroxyl groups excluding tert-OH is 2. The number of nitrogens with zero attached hydrogens (tertiary/aromatic N) is 1. The van der Waals surface area contributed by atoms with Crippen LogP contribution in [0.4, 0.5) is 0 Å². The molecule has 0 aromatic heterocycles. The van der Waals surface area contributed by atoms with Crippen LogP contribution in [0.25, 0.3) is 0 Å². The van der Waals surface area contributed by atoms with Crippen LogP contribution in [0.3, 0.4) is 0 Å².